The van der Waals surface area contributed by atoms with Crippen LogP contribution < -0.4 is 16.3 Å². The summed E-state index contributed by atoms with van der Waals surface area (Å²) in [7, 11) is 0. The Kier molecular flexibility index (Phi) is 11.7. The third-order valence-corrected chi connectivity index (χ3v) is 10.9. The summed E-state index contributed by atoms with van der Waals surface area (Å²) >= 11 is 0. The summed E-state index contributed by atoms with van der Waals surface area (Å²) in [5.41, 5.74) is 6.37. The molecule has 0 spiro atoms. The number of urea groups is 1. The lowest BCUT2D eigenvalue weighted by atomic mass is 9.89. The van der Waals surface area contributed by atoms with Gasteiger partial charge in [0.05, 0.1) is 35.9 Å². The van der Waals surface area contributed by atoms with Crippen molar-refractivity contribution < 1.29 is 24.2 Å². The highest BCUT2D eigenvalue weighted by molar-refractivity contribution is 5.87. The first-order chi connectivity index (χ1) is 26.2. The van der Waals surface area contributed by atoms with E-state index >= 15 is 0 Å². The van der Waals surface area contributed by atoms with E-state index in [1.165, 1.54) is 6.92 Å². The molecule has 0 saturated carbocycles. The summed E-state index contributed by atoms with van der Waals surface area (Å²) in [5, 5.41) is 15.3. The molecule has 4 aromatic carbocycles. The van der Waals surface area contributed by atoms with E-state index in [9.17, 15) is 19.5 Å². The largest absolute Gasteiger partial charge is 0.392 e. The maximum atomic E-state index is 12.9. The molecule has 2 aliphatic heterocycles. The fourth-order valence-electron chi connectivity index (χ4n) is 7.71. The number of H-pyrrole nitrogens is 1. The van der Waals surface area contributed by atoms with E-state index in [0.717, 1.165) is 71.3 Å². The minimum Gasteiger partial charge on any atom is -0.392 e. The lowest BCUT2D eigenvalue weighted by Gasteiger charge is -2.44. The molecule has 7 rings (SSSR count). The number of amides is 2. The van der Waals surface area contributed by atoms with Crippen LogP contribution in [0.2, 0.25) is 0 Å². The number of carbonyl (C=O) groups excluding carboxylic acids is 2. The Bertz CT molecular complexity index is 2070. The Hall–Kier alpha value is -5.07. The van der Waals surface area contributed by atoms with Crippen molar-refractivity contribution in [2.45, 2.75) is 76.8 Å². The number of carbonyl (C=O) groups is 2. The van der Waals surface area contributed by atoms with Gasteiger partial charge in [-0.05, 0) is 60.6 Å². The molecule has 11 heteroatoms. The number of piperidine rings is 1. The molecule has 0 bridgehead atoms. The Morgan fingerprint density at radius 1 is 0.852 bits per heavy atom. The number of ketones is 1. The van der Waals surface area contributed by atoms with E-state index in [-0.39, 0.29) is 48.8 Å². The number of hydrogen-bond donors (Lipinski definition) is 4. The number of hydrogen-bond acceptors (Lipinski definition) is 7. The Morgan fingerprint density at radius 3 is 2.22 bits per heavy atom. The molecule has 5 aromatic rings. The van der Waals surface area contributed by atoms with Gasteiger partial charge in [-0.3, -0.25) is 9.36 Å². The zero-order valence-corrected chi connectivity index (χ0v) is 30.8. The van der Waals surface area contributed by atoms with E-state index in [1.807, 2.05) is 108 Å². The van der Waals surface area contributed by atoms with E-state index in [1.54, 1.807) is 0 Å². The van der Waals surface area contributed by atoms with Gasteiger partial charge in [0.15, 0.2) is 12.1 Å². The second-order valence-electron chi connectivity index (χ2n) is 14.6. The van der Waals surface area contributed by atoms with Gasteiger partial charge in [-0.2, -0.15) is 0 Å². The normalized spacial score (nSPS) is 21.5. The first kappa shape index (κ1) is 37.3. The van der Waals surface area contributed by atoms with Crippen LogP contribution >= 0.6 is 0 Å². The molecular weight excluding hydrogens is 683 g/mol. The lowest BCUT2D eigenvalue weighted by Crippen LogP contribution is -2.47. The van der Waals surface area contributed by atoms with Gasteiger partial charge < -0.3 is 35.1 Å². The SMILES string of the molecule is CC(=O)[C@@H](Cc1ccccc1)NC(=O)NCc1ccc(C2O[C@H](CN3CCC(n4c(=O)[nH]c5ccccc54)CC3)[C@H](C)[C@H](c3ccc(CO)cc3)O2)cc1. The molecule has 3 heterocycles. The van der Waals surface area contributed by atoms with E-state index in [0.29, 0.717) is 6.42 Å². The Morgan fingerprint density at radius 2 is 1.52 bits per heavy atom. The zero-order chi connectivity index (χ0) is 37.6. The van der Waals surface area contributed by atoms with Crippen LogP contribution in [0.4, 0.5) is 4.79 Å². The molecule has 2 fully saturated rings. The quantitative estimate of drug-likeness (QED) is 0.125. The van der Waals surface area contributed by atoms with Gasteiger partial charge in [-0.15, -0.1) is 0 Å². The number of fused-ring (bicyclic) bond motifs is 1. The number of imidazole rings is 1. The maximum Gasteiger partial charge on any atom is 0.326 e. The number of Topliss-reactive ketones (excluding diaryl/α,β-unsaturated/α-hetero) is 1. The molecule has 5 atom stereocenters. The molecule has 1 aromatic heterocycles. The standard InChI is InChI=1S/C43H49N5O6/c1-28-39(26-47-22-20-35(21-23-47)48-38-11-7-6-10-36(38)46-43(48)52)53-41(54-40(28)33-16-14-32(27-49)15-17-33)34-18-12-31(13-19-34)25-44-42(51)45-37(29(2)50)24-30-8-4-3-5-9-30/h3-19,28,35,37,39-41,49H,20-27H2,1-2H3,(H,46,52)(H2,44,45,51)/t28-,37+,39+,40+,41?/m0/s1. The summed E-state index contributed by atoms with van der Waals surface area (Å²) in [6.45, 7) is 6.33. The van der Waals surface area contributed by atoms with Crippen LogP contribution in [-0.2, 0) is 33.8 Å². The summed E-state index contributed by atoms with van der Waals surface area (Å²) < 4.78 is 15.3. The number of rotatable bonds is 12. The second kappa shape index (κ2) is 16.9. The molecule has 282 valence electrons. The molecule has 11 nitrogen and oxygen atoms in total. The molecule has 2 saturated heterocycles. The van der Waals surface area contributed by atoms with Crippen LogP contribution in [0, 0.1) is 5.92 Å². The minimum absolute atomic E-state index is 0.0236. The fourth-order valence-corrected chi connectivity index (χ4v) is 7.71. The molecular formula is C43H49N5O6. The van der Waals surface area contributed by atoms with Crippen molar-refractivity contribution in [3.8, 4) is 0 Å². The second-order valence-corrected chi connectivity index (χ2v) is 14.6. The first-order valence-corrected chi connectivity index (χ1v) is 18.9. The highest BCUT2D eigenvalue weighted by Gasteiger charge is 2.39. The molecule has 0 aliphatic carbocycles. The molecule has 4 N–H and O–H groups in total. The minimum atomic E-state index is -0.617. The van der Waals surface area contributed by atoms with Gasteiger partial charge >= 0.3 is 11.7 Å². The zero-order valence-electron chi connectivity index (χ0n) is 30.8. The smallest absolute Gasteiger partial charge is 0.326 e. The lowest BCUT2D eigenvalue weighted by molar-refractivity contribution is -0.276. The first-order valence-electron chi connectivity index (χ1n) is 18.9. The van der Waals surface area contributed by atoms with Crippen molar-refractivity contribution >= 4 is 22.8 Å². The number of benzene rings is 4. The number of nitrogens with one attached hydrogen (secondary N) is 3. The average Bonchev–Trinajstić information content (AvgIpc) is 3.54. The van der Waals surface area contributed by atoms with Crippen LogP contribution in [0.15, 0.2) is 108 Å². The van der Waals surface area contributed by atoms with Crippen LogP contribution in [0.5, 0.6) is 0 Å². The summed E-state index contributed by atoms with van der Waals surface area (Å²) in [6, 6.07) is 32.3. The molecule has 0 radical (unpaired) electrons. The van der Waals surface area contributed by atoms with E-state index < -0.39 is 18.4 Å². The number of aliphatic hydroxyl groups is 1. The summed E-state index contributed by atoms with van der Waals surface area (Å²) in [6.07, 6.45) is 1.18. The van der Waals surface area contributed by atoms with Crippen LogP contribution in [0.25, 0.3) is 11.0 Å². The van der Waals surface area contributed by atoms with Gasteiger partial charge in [-0.25, -0.2) is 9.59 Å². The predicted octanol–water partition coefficient (Wildman–Crippen LogP) is 5.95. The van der Waals surface area contributed by atoms with Crippen molar-refractivity contribution in [2.24, 2.45) is 5.92 Å². The van der Waals surface area contributed by atoms with Crippen LogP contribution in [-0.4, -0.2) is 63.2 Å². The van der Waals surface area contributed by atoms with Crippen molar-refractivity contribution in [3.05, 3.63) is 141 Å². The molecule has 54 heavy (non-hydrogen) atoms. The third kappa shape index (κ3) is 8.66. The summed E-state index contributed by atoms with van der Waals surface area (Å²) in [5.74, 6) is -0.0641. The number of aromatic nitrogens is 2. The average molecular weight is 732 g/mol. The van der Waals surface area contributed by atoms with Crippen molar-refractivity contribution in [1.82, 2.24) is 25.1 Å². The van der Waals surface area contributed by atoms with Gasteiger partial charge in [-0.1, -0.05) is 97.9 Å². The van der Waals surface area contributed by atoms with Crippen molar-refractivity contribution in [2.75, 3.05) is 19.6 Å². The van der Waals surface area contributed by atoms with Crippen LogP contribution in [0.1, 0.15) is 72.9 Å². The number of likely N-dealkylation sites (tertiary alicyclic amines) is 1. The number of nitrogens with zero attached hydrogens (tertiary/aromatic N) is 2. The van der Waals surface area contributed by atoms with Crippen LogP contribution in [0.3, 0.4) is 0 Å². The van der Waals surface area contributed by atoms with Crippen molar-refractivity contribution in [3.63, 3.8) is 0 Å². The highest BCUT2D eigenvalue weighted by Crippen LogP contribution is 2.42. The monoisotopic (exact) mass is 731 g/mol. The van der Waals surface area contributed by atoms with Crippen molar-refractivity contribution in [1.29, 1.82) is 0 Å². The Balaban J connectivity index is 1.00. The predicted molar refractivity (Wildman–Crippen MR) is 207 cm³/mol. The third-order valence-electron chi connectivity index (χ3n) is 10.9. The summed E-state index contributed by atoms with van der Waals surface area (Å²) in [4.78, 5) is 43.3. The van der Waals surface area contributed by atoms with E-state index in [2.05, 4.69) is 27.4 Å². The Labute approximate surface area is 315 Å². The number of aromatic amines is 1. The molecule has 1 unspecified atom stereocenters. The van der Waals surface area contributed by atoms with E-state index in [4.69, 9.17) is 9.47 Å². The fraction of sp³-hybridized carbons (Fsp3) is 0.372. The number of ether oxygens (including phenoxy) is 2. The number of aliphatic hydroxyl groups excluding tert-OH is 1. The van der Waals surface area contributed by atoms with Gasteiger partial charge in [0.2, 0.25) is 0 Å². The van der Waals surface area contributed by atoms with Gasteiger partial charge in [0, 0.05) is 43.7 Å². The van der Waals surface area contributed by atoms with Gasteiger partial charge in [0.1, 0.15) is 0 Å². The topological polar surface area (TPSA) is 138 Å². The number of para-hydroxylation sites is 2. The highest BCUT2D eigenvalue weighted by atomic mass is 16.7. The maximum absolute atomic E-state index is 12.9. The molecule has 2 amide bonds. The molecule has 2 aliphatic rings. The van der Waals surface area contributed by atoms with Gasteiger partial charge in [0.25, 0.3) is 0 Å².